The standard InChI is InChI=1S/C21H19Cl2N3O2S2/c22-15-3-4-17(23)14(10-15)11-16-12-24-21(30-16)25-19(27)13-5-7-26(8-6-13)20(28)18-2-1-9-29-18/h1-4,9-10,12-13H,5-8,11H2,(H,24,25,27). The molecule has 9 heteroatoms. The maximum absolute atomic E-state index is 12.7. The predicted molar refractivity (Wildman–Crippen MR) is 123 cm³/mol. The maximum Gasteiger partial charge on any atom is 0.263 e. The fourth-order valence-corrected chi connectivity index (χ4v) is 5.33. The number of aromatic nitrogens is 1. The van der Waals surface area contributed by atoms with E-state index in [4.69, 9.17) is 23.2 Å². The lowest BCUT2D eigenvalue weighted by Gasteiger charge is -2.30. The third kappa shape index (κ3) is 5.03. The SMILES string of the molecule is O=C(Nc1ncc(Cc2cc(Cl)ccc2Cl)s1)C1CCN(C(=O)c2cccs2)CC1. The number of benzene rings is 1. The van der Waals surface area contributed by atoms with Crippen molar-refractivity contribution in [1.82, 2.24) is 9.88 Å². The minimum absolute atomic E-state index is 0.0417. The first-order valence-corrected chi connectivity index (χ1v) is 12.0. The number of thiazole rings is 1. The second-order valence-electron chi connectivity index (χ2n) is 7.08. The Hall–Kier alpha value is -1.93. The van der Waals surface area contributed by atoms with Gasteiger partial charge in [-0.25, -0.2) is 4.98 Å². The molecular weight excluding hydrogens is 461 g/mol. The van der Waals surface area contributed by atoms with Gasteiger partial charge in [0.1, 0.15) is 0 Å². The quantitative estimate of drug-likeness (QED) is 0.518. The summed E-state index contributed by atoms with van der Waals surface area (Å²) in [6, 6.07) is 9.08. The number of nitrogens with one attached hydrogen (secondary N) is 1. The summed E-state index contributed by atoms with van der Waals surface area (Å²) in [5, 5.41) is 6.69. The van der Waals surface area contributed by atoms with Crippen LogP contribution in [0.1, 0.15) is 33.0 Å². The Bertz CT molecular complexity index is 1040. The number of rotatable bonds is 5. The molecule has 0 bridgehead atoms. The van der Waals surface area contributed by atoms with E-state index < -0.39 is 0 Å². The summed E-state index contributed by atoms with van der Waals surface area (Å²) in [7, 11) is 0. The number of carbonyl (C=O) groups is 2. The van der Waals surface area contributed by atoms with Gasteiger partial charge in [0.25, 0.3) is 5.91 Å². The highest BCUT2D eigenvalue weighted by Crippen LogP contribution is 2.28. The Morgan fingerprint density at radius 2 is 2.00 bits per heavy atom. The lowest BCUT2D eigenvalue weighted by Crippen LogP contribution is -2.41. The molecule has 0 unspecified atom stereocenters. The largest absolute Gasteiger partial charge is 0.338 e. The van der Waals surface area contributed by atoms with Gasteiger partial charge in [0.05, 0.1) is 4.88 Å². The Balaban J connectivity index is 1.31. The van der Waals surface area contributed by atoms with E-state index in [2.05, 4.69) is 10.3 Å². The molecule has 156 valence electrons. The van der Waals surface area contributed by atoms with Crippen molar-refractivity contribution in [2.24, 2.45) is 5.92 Å². The van der Waals surface area contributed by atoms with Crippen LogP contribution in [0, 0.1) is 5.92 Å². The number of halogens is 2. The third-order valence-corrected chi connectivity index (χ3v) is 7.42. The monoisotopic (exact) mass is 479 g/mol. The molecule has 1 aromatic carbocycles. The van der Waals surface area contributed by atoms with Crippen LogP contribution in [0.4, 0.5) is 5.13 Å². The summed E-state index contributed by atoms with van der Waals surface area (Å²) >= 11 is 15.2. The normalized spacial score (nSPS) is 14.7. The molecule has 1 N–H and O–H groups in total. The van der Waals surface area contributed by atoms with E-state index in [0.29, 0.717) is 47.5 Å². The summed E-state index contributed by atoms with van der Waals surface area (Å²) in [6.45, 7) is 1.18. The van der Waals surface area contributed by atoms with Crippen LogP contribution in [0.25, 0.3) is 0 Å². The molecule has 0 radical (unpaired) electrons. The number of piperidine rings is 1. The fourth-order valence-electron chi connectivity index (χ4n) is 3.42. The molecule has 1 aliphatic rings. The minimum Gasteiger partial charge on any atom is -0.338 e. The van der Waals surface area contributed by atoms with Crippen LogP contribution < -0.4 is 5.32 Å². The zero-order valence-corrected chi connectivity index (χ0v) is 19.1. The topological polar surface area (TPSA) is 62.3 Å². The van der Waals surface area contributed by atoms with Crippen molar-refractivity contribution in [3.05, 3.63) is 67.3 Å². The van der Waals surface area contributed by atoms with Crippen LogP contribution in [0.5, 0.6) is 0 Å². The second kappa shape index (κ2) is 9.47. The Morgan fingerprint density at radius 3 is 2.73 bits per heavy atom. The van der Waals surface area contributed by atoms with Gasteiger partial charge < -0.3 is 10.2 Å². The van der Waals surface area contributed by atoms with E-state index in [0.717, 1.165) is 15.3 Å². The first kappa shape index (κ1) is 21.3. The molecule has 0 saturated carbocycles. The first-order valence-electron chi connectivity index (χ1n) is 9.52. The molecule has 3 aromatic rings. The van der Waals surface area contributed by atoms with Crippen molar-refractivity contribution in [3.63, 3.8) is 0 Å². The highest BCUT2D eigenvalue weighted by atomic mass is 35.5. The third-order valence-electron chi connectivity index (χ3n) is 5.04. The molecule has 4 rings (SSSR count). The van der Waals surface area contributed by atoms with E-state index >= 15 is 0 Å². The van der Waals surface area contributed by atoms with Gasteiger partial charge in [0.2, 0.25) is 5.91 Å². The zero-order valence-electron chi connectivity index (χ0n) is 15.9. The van der Waals surface area contributed by atoms with Gasteiger partial charge in [-0.15, -0.1) is 22.7 Å². The summed E-state index contributed by atoms with van der Waals surface area (Å²) in [5.74, 6) is -0.111. The summed E-state index contributed by atoms with van der Waals surface area (Å²) in [4.78, 5) is 33.0. The van der Waals surface area contributed by atoms with Crippen molar-refractivity contribution in [3.8, 4) is 0 Å². The molecule has 2 aromatic heterocycles. The smallest absolute Gasteiger partial charge is 0.263 e. The van der Waals surface area contributed by atoms with Crippen molar-refractivity contribution < 1.29 is 9.59 Å². The molecule has 3 heterocycles. The number of anilines is 1. The van der Waals surface area contributed by atoms with Crippen LogP contribution in [-0.4, -0.2) is 34.8 Å². The average Bonchev–Trinajstić information content (AvgIpc) is 3.43. The average molecular weight is 480 g/mol. The highest BCUT2D eigenvalue weighted by Gasteiger charge is 2.28. The van der Waals surface area contributed by atoms with Crippen LogP contribution in [0.3, 0.4) is 0 Å². The fraction of sp³-hybridized carbons (Fsp3) is 0.286. The van der Waals surface area contributed by atoms with E-state index in [-0.39, 0.29) is 17.7 Å². The van der Waals surface area contributed by atoms with E-state index in [1.165, 1.54) is 22.7 Å². The molecule has 1 saturated heterocycles. The number of carbonyl (C=O) groups excluding carboxylic acids is 2. The van der Waals surface area contributed by atoms with Crippen molar-refractivity contribution in [2.45, 2.75) is 19.3 Å². The van der Waals surface area contributed by atoms with Gasteiger partial charge in [-0.1, -0.05) is 29.3 Å². The van der Waals surface area contributed by atoms with Crippen LogP contribution >= 0.6 is 45.9 Å². The highest BCUT2D eigenvalue weighted by molar-refractivity contribution is 7.15. The maximum atomic E-state index is 12.7. The van der Waals surface area contributed by atoms with Gasteiger partial charge in [-0.2, -0.15) is 0 Å². The van der Waals surface area contributed by atoms with Crippen LogP contribution in [0.2, 0.25) is 10.0 Å². The van der Waals surface area contributed by atoms with Gasteiger partial charge >= 0.3 is 0 Å². The lowest BCUT2D eigenvalue weighted by atomic mass is 9.96. The van der Waals surface area contributed by atoms with E-state index in [1.807, 2.05) is 28.5 Å². The summed E-state index contributed by atoms with van der Waals surface area (Å²) in [6.07, 6.45) is 3.66. The molecule has 2 amide bonds. The summed E-state index contributed by atoms with van der Waals surface area (Å²) < 4.78 is 0. The molecule has 0 atom stereocenters. The zero-order chi connectivity index (χ0) is 21.1. The van der Waals surface area contributed by atoms with Gasteiger partial charge in [-0.05, 0) is 48.1 Å². The van der Waals surface area contributed by atoms with E-state index in [1.54, 1.807) is 18.3 Å². The molecular formula is C21H19Cl2N3O2S2. The van der Waals surface area contributed by atoms with Gasteiger partial charge in [0.15, 0.2) is 5.13 Å². The number of hydrogen-bond donors (Lipinski definition) is 1. The number of nitrogens with zero attached hydrogens (tertiary/aromatic N) is 2. The van der Waals surface area contributed by atoms with Crippen molar-refractivity contribution >= 4 is 62.8 Å². The Morgan fingerprint density at radius 1 is 1.20 bits per heavy atom. The van der Waals surface area contributed by atoms with Gasteiger partial charge in [0, 0.05) is 46.5 Å². The molecule has 0 spiro atoms. The van der Waals surface area contributed by atoms with Crippen molar-refractivity contribution in [2.75, 3.05) is 18.4 Å². The van der Waals surface area contributed by atoms with E-state index in [9.17, 15) is 9.59 Å². The summed E-state index contributed by atoms with van der Waals surface area (Å²) in [5.41, 5.74) is 0.925. The molecule has 1 aliphatic heterocycles. The van der Waals surface area contributed by atoms with Crippen LogP contribution in [0.15, 0.2) is 41.9 Å². The second-order valence-corrected chi connectivity index (χ2v) is 9.98. The molecule has 0 aliphatic carbocycles. The van der Waals surface area contributed by atoms with Gasteiger partial charge in [-0.3, -0.25) is 9.59 Å². The Kier molecular flexibility index (Phi) is 6.73. The molecule has 5 nitrogen and oxygen atoms in total. The number of hydrogen-bond acceptors (Lipinski definition) is 5. The van der Waals surface area contributed by atoms with Crippen LogP contribution in [-0.2, 0) is 11.2 Å². The number of amides is 2. The number of thiophene rings is 1. The van der Waals surface area contributed by atoms with Crippen molar-refractivity contribution in [1.29, 1.82) is 0 Å². The number of likely N-dealkylation sites (tertiary alicyclic amines) is 1. The minimum atomic E-state index is -0.118. The molecule has 30 heavy (non-hydrogen) atoms. The predicted octanol–water partition coefficient (Wildman–Crippen LogP) is 5.59. The molecule has 1 fully saturated rings. The lowest BCUT2D eigenvalue weighted by molar-refractivity contribution is -0.121. The first-order chi connectivity index (χ1) is 14.5. The Labute approximate surface area is 192 Å².